The molecule has 5 nitrogen and oxygen atoms in total. The summed E-state index contributed by atoms with van der Waals surface area (Å²) >= 11 is 0. The zero-order valence-electron chi connectivity index (χ0n) is 10.7. The second-order valence-corrected chi connectivity index (χ2v) is 4.81. The Bertz CT molecular complexity index is 603. The van der Waals surface area contributed by atoms with Crippen molar-refractivity contribution in [2.45, 2.75) is 20.3 Å². The van der Waals surface area contributed by atoms with E-state index in [9.17, 15) is 4.79 Å². The molecule has 0 aliphatic rings. The largest absolute Gasteiger partial charge is 0.397 e. The first-order valence-electron chi connectivity index (χ1n) is 6.08. The fourth-order valence-corrected chi connectivity index (χ4v) is 1.75. The van der Waals surface area contributed by atoms with Crippen molar-refractivity contribution in [3.8, 4) is 0 Å². The monoisotopic (exact) mass is 246 g/mol. The van der Waals surface area contributed by atoms with Gasteiger partial charge in [0.1, 0.15) is 0 Å². The van der Waals surface area contributed by atoms with Gasteiger partial charge in [0.15, 0.2) is 0 Å². The maximum atomic E-state index is 11.2. The van der Waals surface area contributed by atoms with Crippen molar-refractivity contribution in [2.75, 3.05) is 17.6 Å². The molecule has 2 rings (SSSR count). The summed E-state index contributed by atoms with van der Waals surface area (Å²) in [5.74, 6) is 0.647. The summed E-state index contributed by atoms with van der Waals surface area (Å²) in [6.07, 6.45) is 2.35. The van der Waals surface area contributed by atoms with Crippen molar-refractivity contribution in [3.63, 3.8) is 0 Å². The maximum Gasteiger partial charge on any atom is 0.266 e. The molecular weight excluding hydrogens is 228 g/mol. The smallest absolute Gasteiger partial charge is 0.266 e. The summed E-state index contributed by atoms with van der Waals surface area (Å²) in [6.45, 7) is 5.23. The third kappa shape index (κ3) is 2.80. The molecule has 5 heteroatoms. The van der Waals surface area contributed by atoms with Gasteiger partial charge in [0, 0.05) is 6.54 Å². The highest BCUT2D eigenvalue weighted by molar-refractivity contribution is 5.85. The van der Waals surface area contributed by atoms with Gasteiger partial charge in [-0.2, -0.15) is 0 Å². The normalized spacial score (nSPS) is 11.1. The number of rotatable bonds is 4. The second kappa shape index (κ2) is 5.08. The van der Waals surface area contributed by atoms with Gasteiger partial charge in [-0.1, -0.05) is 13.8 Å². The van der Waals surface area contributed by atoms with Crippen molar-refractivity contribution in [1.82, 2.24) is 9.97 Å². The lowest BCUT2D eigenvalue weighted by Gasteiger charge is -2.11. The van der Waals surface area contributed by atoms with Crippen molar-refractivity contribution in [1.29, 1.82) is 0 Å². The lowest BCUT2D eigenvalue weighted by atomic mass is 10.1. The van der Waals surface area contributed by atoms with Gasteiger partial charge in [-0.15, -0.1) is 0 Å². The first-order valence-corrected chi connectivity index (χ1v) is 6.08. The number of hydrogen-bond donors (Lipinski definition) is 3. The first-order chi connectivity index (χ1) is 8.56. The van der Waals surface area contributed by atoms with Gasteiger partial charge < -0.3 is 16.0 Å². The van der Waals surface area contributed by atoms with Gasteiger partial charge in [-0.05, 0) is 24.5 Å². The molecular formula is C13H18N4O. The summed E-state index contributed by atoms with van der Waals surface area (Å²) in [4.78, 5) is 17.9. The second-order valence-electron chi connectivity index (χ2n) is 4.81. The molecule has 0 aliphatic carbocycles. The standard InChI is InChI=1S/C13H18N4O/c1-8(2)3-4-15-10-6-11-12(5-9(10)14)17-13(18)7-16-11/h5-8,15H,3-4,14H2,1-2H3,(H,17,18). The number of anilines is 2. The number of nitrogens with two attached hydrogens (primary N) is 1. The Labute approximate surface area is 105 Å². The van der Waals surface area contributed by atoms with Crippen LogP contribution in [0.4, 0.5) is 11.4 Å². The summed E-state index contributed by atoms with van der Waals surface area (Å²) in [6, 6.07) is 3.60. The van der Waals surface area contributed by atoms with E-state index in [0.717, 1.165) is 24.2 Å². The molecule has 0 aliphatic heterocycles. The molecule has 0 amide bonds. The SMILES string of the molecule is CC(C)CCNc1cc2ncc(=O)[nH]c2cc1N. The molecule has 0 spiro atoms. The van der Waals surface area contributed by atoms with Gasteiger partial charge in [0.2, 0.25) is 0 Å². The van der Waals surface area contributed by atoms with Crippen LogP contribution in [0, 0.1) is 5.92 Å². The van der Waals surface area contributed by atoms with Crippen molar-refractivity contribution >= 4 is 22.4 Å². The van der Waals surface area contributed by atoms with E-state index >= 15 is 0 Å². The van der Waals surface area contributed by atoms with E-state index in [1.807, 2.05) is 6.07 Å². The Morgan fingerprint density at radius 1 is 1.44 bits per heavy atom. The summed E-state index contributed by atoms with van der Waals surface area (Å²) in [5, 5.41) is 3.29. The number of benzene rings is 1. The lowest BCUT2D eigenvalue weighted by molar-refractivity contribution is 0.607. The minimum atomic E-state index is -0.220. The summed E-state index contributed by atoms with van der Waals surface area (Å²) < 4.78 is 0. The van der Waals surface area contributed by atoms with Crippen LogP contribution in [0.15, 0.2) is 23.1 Å². The van der Waals surface area contributed by atoms with Crippen molar-refractivity contribution in [3.05, 3.63) is 28.7 Å². The molecule has 1 aromatic carbocycles. The number of aromatic nitrogens is 2. The maximum absolute atomic E-state index is 11.2. The van der Waals surface area contributed by atoms with Crippen molar-refractivity contribution < 1.29 is 0 Å². The molecule has 18 heavy (non-hydrogen) atoms. The van der Waals surface area contributed by atoms with Crippen LogP contribution in [0.3, 0.4) is 0 Å². The van der Waals surface area contributed by atoms with Gasteiger partial charge >= 0.3 is 0 Å². The first kappa shape index (κ1) is 12.4. The number of fused-ring (bicyclic) bond motifs is 1. The molecule has 0 radical (unpaired) electrons. The van der Waals surface area contributed by atoms with E-state index < -0.39 is 0 Å². The molecule has 4 N–H and O–H groups in total. The third-order valence-electron chi connectivity index (χ3n) is 2.78. The topological polar surface area (TPSA) is 83.8 Å². The van der Waals surface area contributed by atoms with Crippen LogP contribution in [0.1, 0.15) is 20.3 Å². The average molecular weight is 246 g/mol. The van der Waals surface area contributed by atoms with Crippen LogP contribution < -0.4 is 16.6 Å². The molecule has 96 valence electrons. The number of nitrogen functional groups attached to an aromatic ring is 1. The Morgan fingerprint density at radius 3 is 2.94 bits per heavy atom. The van der Waals surface area contributed by atoms with Crippen LogP contribution in [0.25, 0.3) is 11.0 Å². The van der Waals surface area contributed by atoms with E-state index in [2.05, 4.69) is 29.1 Å². The van der Waals surface area contributed by atoms with E-state index in [4.69, 9.17) is 5.73 Å². The van der Waals surface area contributed by atoms with Gasteiger partial charge in [-0.25, -0.2) is 4.98 Å². The highest BCUT2D eigenvalue weighted by atomic mass is 16.1. The predicted octanol–water partition coefficient (Wildman–Crippen LogP) is 1.96. The van der Waals surface area contributed by atoms with E-state index in [1.54, 1.807) is 6.07 Å². The number of hydrogen-bond acceptors (Lipinski definition) is 4. The molecule has 0 unspecified atom stereocenters. The Morgan fingerprint density at radius 2 is 2.22 bits per heavy atom. The highest BCUT2D eigenvalue weighted by Gasteiger charge is 2.04. The van der Waals surface area contributed by atoms with Gasteiger partial charge in [0.05, 0.1) is 28.6 Å². The summed E-state index contributed by atoms with van der Waals surface area (Å²) in [5.41, 5.74) is 8.60. The van der Waals surface area contributed by atoms with E-state index in [0.29, 0.717) is 17.1 Å². The molecule has 0 bridgehead atoms. The van der Waals surface area contributed by atoms with Gasteiger partial charge in [-0.3, -0.25) is 4.79 Å². The minimum absolute atomic E-state index is 0.220. The predicted molar refractivity (Wildman–Crippen MR) is 74.7 cm³/mol. The fourth-order valence-electron chi connectivity index (χ4n) is 1.75. The number of nitrogens with one attached hydrogen (secondary N) is 2. The molecule has 1 heterocycles. The van der Waals surface area contributed by atoms with Crippen LogP contribution >= 0.6 is 0 Å². The number of nitrogens with zero attached hydrogens (tertiary/aromatic N) is 1. The fraction of sp³-hybridized carbons (Fsp3) is 0.385. The third-order valence-corrected chi connectivity index (χ3v) is 2.78. The Balaban J connectivity index is 2.26. The van der Waals surface area contributed by atoms with Crippen LogP contribution in [-0.4, -0.2) is 16.5 Å². The minimum Gasteiger partial charge on any atom is -0.397 e. The lowest BCUT2D eigenvalue weighted by Crippen LogP contribution is -2.09. The molecule has 0 atom stereocenters. The molecule has 0 fully saturated rings. The average Bonchev–Trinajstić information content (AvgIpc) is 2.29. The molecule has 0 saturated heterocycles. The Hall–Kier alpha value is -2.04. The van der Waals surface area contributed by atoms with Gasteiger partial charge in [0.25, 0.3) is 5.56 Å². The molecule has 0 saturated carbocycles. The molecule has 1 aromatic heterocycles. The van der Waals surface area contributed by atoms with Crippen LogP contribution in [0.2, 0.25) is 0 Å². The van der Waals surface area contributed by atoms with Crippen LogP contribution in [0.5, 0.6) is 0 Å². The van der Waals surface area contributed by atoms with E-state index in [-0.39, 0.29) is 5.56 Å². The van der Waals surface area contributed by atoms with Crippen LogP contribution in [-0.2, 0) is 0 Å². The van der Waals surface area contributed by atoms with Crippen molar-refractivity contribution in [2.24, 2.45) is 5.92 Å². The molecule has 2 aromatic rings. The quantitative estimate of drug-likeness (QED) is 0.720. The van der Waals surface area contributed by atoms with E-state index in [1.165, 1.54) is 6.20 Å². The summed E-state index contributed by atoms with van der Waals surface area (Å²) in [7, 11) is 0. The Kier molecular flexibility index (Phi) is 3.50. The zero-order chi connectivity index (χ0) is 13.1. The number of H-pyrrole nitrogens is 1. The highest BCUT2D eigenvalue weighted by Crippen LogP contribution is 2.23. The number of aromatic amines is 1. The zero-order valence-corrected chi connectivity index (χ0v) is 10.7.